The first-order valence-electron chi connectivity index (χ1n) is 20.9. The highest BCUT2D eigenvalue weighted by Crippen LogP contribution is 2.40. The van der Waals surface area contributed by atoms with Gasteiger partial charge in [0.1, 0.15) is 0 Å². The van der Waals surface area contributed by atoms with Crippen LogP contribution in [0.4, 0.5) is 17.1 Å². The zero-order valence-corrected chi connectivity index (χ0v) is 30.5. The Balaban J connectivity index is 1.11. The van der Waals surface area contributed by atoms with Crippen LogP contribution in [0, 0.1) is 0 Å². The second-order valence-corrected chi connectivity index (χ2v) is 13.9. The third-order valence-electron chi connectivity index (χ3n) is 10.5. The first-order valence-corrected chi connectivity index (χ1v) is 18.9. The molecular weight excluding hydrogens is 677 g/mol. The molecule has 0 atom stereocenters. The van der Waals surface area contributed by atoms with Gasteiger partial charge in [-0.25, -0.2) is 0 Å². The van der Waals surface area contributed by atoms with Gasteiger partial charge in [-0.3, -0.25) is 0 Å². The molecule has 0 amide bonds. The van der Waals surface area contributed by atoms with Crippen LogP contribution in [0.15, 0.2) is 230 Å². The summed E-state index contributed by atoms with van der Waals surface area (Å²) < 4.78 is 40.1. The van der Waals surface area contributed by atoms with Gasteiger partial charge in [0.25, 0.3) is 0 Å². The predicted molar refractivity (Wildman–Crippen MR) is 237 cm³/mol. The molecule has 10 rings (SSSR count). The largest absolute Gasteiger partial charge is 0.310 e. The number of anilines is 3. The van der Waals surface area contributed by atoms with Gasteiger partial charge in [-0.05, 0) is 111 Å². The summed E-state index contributed by atoms with van der Waals surface area (Å²) in [5, 5.41) is 2.30. The number of hydrogen-bond donors (Lipinski definition) is 0. The summed E-state index contributed by atoms with van der Waals surface area (Å²) in [7, 11) is 0. The molecule has 2 nitrogen and oxygen atoms in total. The molecule has 1 heterocycles. The van der Waals surface area contributed by atoms with Crippen molar-refractivity contribution in [2.45, 2.75) is 0 Å². The van der Waals surface area contributed by atoms with Crippen molar-refractivity contribution in [3.63, 3.8) is 0 Å². The second-order valence-electron chi connectivity index (χ2n) is 13.9. The Morgan fingerprint density at radius 3 is 1.45 bits per heavy atom. The normalized spacial score (nSPS) is 12.2. The van der Waals surface area contributed by atoms with Crippen molar-refractivity contribution >= 4 is 38.9 Å². The highest BCUT2D eigenvalue weighted by Gasteiger charge is 2.16. The molecule has 0 aliphatic heterocycles. The van der Waals surface area contributed by atoms with Crippen molar-refractivity contribution in [2.75, 3.05) is 4.90 Å². The fourth-order valence-corrected chi connectivity index (χ4v) is 7.70. The van der Waals surface area contributed by atoms with Crippen molar-refractivity contribution in [2.24, 2.45) is 0 Å². The lowest BCUT2D eigenvalue weighted by Gasteiger charge is -2.26. The molecule has 0 unspecified atom stereocenters. The molecule has 0 spiro atoms. The summed E-state index contributed by atoms with van der Waals surface area (Å²) >= 11 is 0. The molecule has 0 aliphatic carbocycles. The zero-order chi connectivity index (χ0) is 40.7. The van der Waals surface area contributed by atoms with E-state index in [9.17, 15) is 5.48 Å². The lowest BCUT2D eigenvalue weighted by atomic mass is 9.99. The molecule has 0 N–H and O–H groups in total. The summed E-state index contributed by atoms with van der Waals surface area (Å²) in [6.07, 6.45) is 0. The van der Waals surface area contributed by atoms with E-state index in [0.29, 0.717) is 16.9 Å². The molecule has 0 saturated heterocycles. The number of hydrogen-bond acceptors (Lipinski definition) is 1. The van der Waals surface area contributed by atoms with Gasteiger partial charge in [0, 0.05) is 33.5 Å². The van der Waals surface area contributed by atoms with Crippen LogP contribution in [-0.4, -0.2) is 4.57 Å². The van der Waals surface area contributed by atoms with Crippen molar-refractivity contribution in [3.8, 4) is 50.2 Å². The zero-order valence-electron chi connectivity index (χ0n) is 34.5. The highest BCUT2D eigenvalue weighted by molar-refractivity contribution is 6.10. The number of benzene rings is 9. The number of aromatic nitrogens is 1. The number of nitrogens with zero attached hydrogens (tertiary/aromatic N) is 2. The maximum atomic E-state index is 9.53. The predicted octanol–water partition coefficient (Wildman–Crippen LogP) is 14.9. The Morgan fingerprint density at radius 1 is 0.304 bits per heavy atom. The summed E-state index contributed by atoms with van der Waals surface area (Å²) in [4.78, 5) is 1.86. The third kappa shape index (κ3) is 6.24. The van der Waals surface area contributed by atoms with E-state index in [2.05, 4.69) is 95.6 Å². The van der Waals surface area contributed by atoms with Gasteiger partial charge in [0.15, 0.2) is 0 Å². The Labute approximate surface area is 333 Å². The van der Waals surface area contributed by atoms with E-state index in [1.54, 1.807) is 0 Å². The Morgan fingerprint density at radius 2 is 0.786 bits per heavy atom. The summed E-state index contributed by atoms with van der Waals surface area (Å²) in [5.74, 6) is 0. The summed E-state index contributed by atoms with van der Waals surface area (Å²) in [6.45, 7) is 0. The number of fused-ring (bicyclic) bond motifs is 3. The van der Waals surface area contributed by atoms with E-state index >= 15 is 0 Å². The molecule has 0 fully saturated rings. The minimum absolute atomic E-state index is 0.0965. The van der Waals surface area contributed by atoms with Crippen LogP contribution >= 0.6 is 0 Å². The van der Waals surface area contributed by atoms with E-state index in [4.69, 9.17) is 0 Å². The quantitative estimate of drug-likeness (QED) is 0.152. The minimum atomic E-state index is -0.120. The molecule has 9 aromatic carbocycles. The van der Waals surface area contributed by atoms with Gasteiger partial charge >= 0.3 is 0 Å². The molecule has 0 radical (unpaired) electrons. The molecule has 0 aliphatic rings. The van der Waals surface area contributed by atoms with Crippen LogP contribution in [0.1, 0.15) is 5.48 Å². The van der Waals surface area contributed by atoms with Crippen LogP contribution in [0.5, 0.6) is 0 Å². The van der Waals surface area contributed by atoms with E-state index in [1.165, 1.54) is 0 Å². The van der Waals surface area contributed by atoms with Crippen LogP contribution < -0.4 is 4.90 Å². The number of para-hydroxylation sites is 2. The Bertz CT molecular complexity index is 3130. The molecule has 264 valence electrons. The average Bonchev–Trinajstić information content (AvgIpc) is 3.65. The summed E-state index contributed by atoms with van der Waals surface area (Å²) in [6, 6.07) is 69.1. The first kappa shape index (κ1) is 29.0. The second kappa shape index (κ2) is 14.4. The molecule has 0 bridgehead atoms. The molecule has 1 aromatic heterocycles. The van der Waals surface area contributed by atoms with E-state index < -0.39 is 0 Å². The SMILES string of the molecule is [2H]c1c([2H])c(N(c2ccc(-c3ccccc3)cc2)c2cccc(-c3ccc4c(c3)c3ccccc3n4-c3ccccc3)c2)c([2H])c([2H])c1-c1ccc(-c2ccccc2)cc1. The van der Waals surface area contributed by atoms with E-state index in [-0.39, 0.29) is 35.4 Å². The molecule has 0 saturated carbocycles. The third-order valence-corrected chi connectivity index (χ3v) is 10.5. The minimum Gasteiger partial charge on any atom is -0.310 e. The van der Waals surface area contributed by atoms with Crippen molar-refractivity contribution in [3.05, 3.63) is 230 Å². The summed E-state index contributed by atoms with van der Waals surface area (Å²) in [5.41, 5.74) is 12.0. The van der Waals surface area contributed by atoms with Crippen molar-refractivity contribution in [1.29, 1.82) is 0 Å². The highest BCUT2D eigenvalue weighted by atomic mass is 15.1. The topological polar surface area (TPSA) is 8.17 Å². The standard InChI is InChI=1S/C54H38N2/c1-4-13-39(14-5-1)41-23-25-42(26-24-41)44-29-34-49(35-30-44)55(48-32-27-43(28-33-48)40-15-6-2-7-16-40)50-20-12-17-45(37-50)46-31-36-54-52(38-46)51-21-10-11-22-53(51)56(54)47-18-8-3-9-19-47/h1-38H/i29D,30D,34D,35D. The Hall–Kier alpha value is -7.42. The maximum absolute atomic E-state index is 9.53. The lowest BCUT2D eigenvalue weighted by Crippen LogP contribution is -2.10. The van der Waals surface area contributed by atoms with Crippen molar-refractivity contribution < 1.29 is 5.48 Å². The fourth-order valence-electron chi connectivity index (χ4n) is 7.70. The molecule has 56 heavy (non-hydrogen) atoms. The average molecular weight is 719 g/mol. The van der Waals surface area contributed by atoms with Crippen LogP contribution in [0.2, 0.25) is 0 Å². The van der Waals surface area contributed by atoms with Crippen LogP contribution in [0.25, 0.3) is 72.0 Å². The molecule has 10 aromatic rings. The van der Waals surface area contributed by atoms with Gasteiger partial charge < -0.3 is 9.47 Å². The van der Waals surface area contributed by atoms with Crippen LogP contribution in [-0.2, 0) is 0 Å². The van der Waals surface area contributed by atoms with Gasteiger partial charge in [-0.1, -0.05) is 164 Å². The Kier molecular flexibility index (Phi) is 7.47. The maximum Gasteiger partial charge on any atom is 0.0645 e. The molecular formula is C54H38N2. The van der Waals surface area contributed by atoms with Crippen molar-refractivity contribution in [1.82, 2.24) is 4.57 Å². The molecule has 2 heteroatoms. The van der Waals surface area contributed by atoms with E-state index in [1.807, 2.05) is 120 Å². The monoisotopic (exact) mass is 718 g/mol. The van der Waals surface area contributed by atoms with Gasteiger partial charge in [-0.2, -0.15) is 0 Å². The smallest absolute Gasteiger partial charge is 0.0645 e. The fraction of sp³-hybridized carbons (Fsp3) is 0. The van der Waals surface area contributed by atoms with Crippen LogP contribution in [0.3, 0.4) is 0 Å². The van der Waals surface area contributed by atoms with Gasteiger partial charge in [-0.15, -0.1) is 0 Å². The van der Waals surface area contributed by atoms with Gasteiger partial charge in [0.05, 0.1) is 16.5 Å². The van der Waals surface area contributed by atoms with Gasteiger partial charge in [0.2, 0.25) is 0 Å². The first-order chi connectivity index (χ1) is 29.4. The lowest BCUT2D eigenvalue weighted by molar-refractivity contribution is 1.18. The number of rotatable bonds is 8. The van der Waals surface area contributed by atoms with E-state index in [0.717, 1.165) is 60.9 Å².